The Hall–Kier alpha value is -0.120. The van der Waals surface area contributed by atoms with E-state index in [2.05, 4.69) is 11.1 Å². The Bertz CT molecular complexity index is 43.7. The van der Waals surface area contributed by atoms with Crippen molar-refractivity contribution in [1.82, 2.24) is 5.32 Å². The maximum atomic E-state index is 8.67. The van der Waals surface area contributed by atoms with Crippen LogP contribution in [0.1, 0.15) is 6.42 Å². The Balaban J connectivity index is 0.000000222. The Morgan fingerprint density at radius 2 is 2.25 bits per heavy atom. The summed E-state index contributed by atoms with van der Waals surface area (Å²) in [6.45, 7) is 1.78. The van der Waals surface area contributed by atoms with E-state index in [0.29, 0.717) is 0 Å². The molecule has 0 spiro atoms. The van der Waals surface area contributed by atoms with Crippen LogP contribution in [0.4, 0.5) is 0 Å². The van der Waals surface area contributed by atoms with Crippen molar-refractivity contribution in [2.45, 2.75) is 12.5 Å². The summed E-state index contributed by atoms with van der Waals surface area (Å²) in [5.74, 6) is 0. The number of hydrogen-bond acceptors (Lipinski definition) is 3. The third kappa shape index (κ3) is 2.96. The van der Waals surface area contributed by atoms with Crippen molar-refractivity contribution in [2.75, 3.05) is 20.1 Å². The highest BCUT2D eigenvalue weighted by molar-refractivity contribution is 4.67. The monoisotopic (exact) mass is 118 g/mol. The molecule has 50 valence electrons. The molecule has 0 saturated carbocycles. The van der Waals surface area contributed by atoms with Crippen LogP contribution in [0.25, 0.3) is 0 Å². The van der Waals surface area contributed by atoms with E-state index in [1.54, 1.807) is 0 Å². The molecule has 3 nitrogen and oxygen atoms in total. The van der Waals surface area contributed by atoms with Crippen LogP contribution >= 0.6 is 0 Å². The molecular formula is C5H14N2O. The number of nitrogens with one attached hydrogen (secondary N) is 1. The van der Waals surface area contributed by atoms with E-state index in [-0.39, 0.29) is 6.10 Å². The van der Waals surface area contributed by atoms with Crippen LogP contribution in [-0.4, -0.2) is 31.3 Å². The largest absolute Gasteiger partial charge is 0.392 e. The lowest BCUT2D eigenvalue weighted by Crippen LogP contribution is -2.11. The predicted octanol–water partition coefficient (Wildman–Crippen LogP) is -1.08. The third-order valence-electron chi connectivity index (χ3n) is 1.03. The van der Waals surface area contributed by atoms with E-state index in [1.807, 2.05) is 0 Å². The summed E-state index contributed by atoms with van der Waals surface area (Å²) in [4.78, 5) is 0. The summed E-state index contributed by atoms with van der Waals surface area (Å²) in [6, 6.07) is 0. The van der Waals surface area contributed by atoms with Crippen molar-refractivity contribution in [3.8, 4) is 0 Å². The molecule has 1 aliphatic rings. The molecule has 3 heteroatoms. The lowest BCUT2D eigenvalue weighted by atomic mass is 10.3. The van der Waals surface area contributed by atoms with Gasteiger partial charge in [0, 0.05) is 6.54 Å². The highest BCUT2D eigenvalue weighted by Crippen LogP contribution is 1.93. The van der Waals surface area contributed by atoms with E-state index in [9.17, 15) is 0 Å². The molecular weight excluding hydrogens is 104 g/mol. The van der Waals surface area contributed by atoms with Crippen molar-refractivity contribution in [1.29, 1.82) is 0 Å². The zero-order valence-corrected chi connectivity index (χ0v) is 5.22. The molecule has 1 saturated heterocycles. The van der Waals surface area contributed by atoms with Gasteiger partial charge in [-0.15, -0.1) is 0 Å². The fourth-order valence-electron chi connectivity index (χ4n) is 0.639. The molecule has 0 aromatic heterocycles. The number of nitrogens with two attached hydrogens (primary N) is 1. The van der Waals surface area contributed by atoms with Gasteiger partial charge >= 0.3 is 0 Å². The highest BCUT2D eigenvalue weighted by atomic mass is 16.3. The maximum Gasteiger partial charge on any atom is 0.0676 e. The highest BCUT2D eigenvalue weighted by Gasteiger charge is 2.08. The van der Waals surface area contributed by atoms with Gasteiger partial charge in [0.15, 0.2) is 0 Å². The van der Waals surface area contributed by atoms with Crippen LogP contribution in [-0.2, 0) is 0 Å². The molecule has 0 aliphatic carbocycles. The van der Waals surface area contributed by atoms with Crippen molar-refractivity contribution >= 4 is 0 Å². The molecule has 0 aromatic rings. The first-order chi connectivity index (χ1) is 3.89. The van der Waals surface area contributed by atoms with Crippen LogP contribution in [0.5, 0.6) is 0 Å². The fourth-order valence-corrected chi connectivity index (χ4v) is 0.639. The molecule has 1 aliphatic heterocycles. The first kappa shape index (κ1) is 7.88. The predicted molar refractivity (Wildman–Crippen MR) is 33.6 cm³/mol. The lowest BCUT2D eigenvalue weighted by molar-refractivity contribution is 0.196. The van der Waals surface area contributed by atoms with Crippen molar-refractivity contribution in [3.05, 3.63) is 0 Å². The van der Waals surface area contributed by atoms with Gasteiger partial charge < -0.3 is 16.2 Å². The Kier molecular flexibility index (Phi) is 4.95. The van der Waals surface area contributed by atoms with Crippen molar-refractivity contribution in [3.63, 3.8) is 0 Å². The number of hydrogen-bond donors (Lipinski definition) is 3. The van der Waals surface area contributed by atoms with Crippen LogP contribution in [0.15, 0.2) is 0 Å². The number of β-amino-alcohol motifs (C(OH)–C–C–N with tert-alkyl or cyclic N) is 1. The topological polar surface area (TPSA) is 58.3 Å². The second-order valence-corrected chi connectivity index (χ2v) is 1.65. The molecule has 0 aromatic carbocycles. The summed E-state index contributed by atoms with van der Waals surface area (Å²) in [5.41, 5.74) is 4.50. The van der Waals surface area contributed by atoms with Crippen LogP contribution in [0.2, 0.25) is 0 Å². The van der Waals surface area contributed by atoms with Gasteiger partial charge in [-0.05, 0) is 20.0 Å². The molecule has 0 amide bonds. The van der Waals surface area contributed by atoms with Gasteiger partial charge in [-0.2, -0.15) is 0 Å². The molecule has 4 N–H and O–H groups in total. The number of rotatable bonds is 0. The Morgan fingerprint density at radius 1 is 1.62 bits per heavy atom. The van der Waals surface area contributed by atoms with Crippen LogP contribution in [0, 0.1) is 0 Å². The smallest absolute Gasteiger partial charge is 0.0676 e. The summed E-state index contributed by atoms with van der Waals surface area (Å²) in [6.07, 6.45) is 0.866. The number of aliphatic hydroxyl groups excluding tert-OH is 1. The zero-order valence-electron chi connectivity index (χ0n) is 5.22. The second kappa shape index (κ2) is 5.03. The fraction of sp³-hybridized carbons (Fsp3) is 1.00. The van der Waals surface area contributed by atoms with E-state index < -0.39 is 0 Å². The van der Waals surface area contributed by atoms with Gasteiger partial charge in [0.1, 0.15) is 0 Å². The summed E-state index contributed by atoms with van der Waals surface area (Å²) in [5, 5.41) is 11.7. The van der Waals surface area contributed by atoms with Gasteiger partial charge in [-0.3, -0.25) is 0 Å². The van der Waals surface area contributed by atoms with Crippen molar-refractivity contribution < 1.29 is 5.11 Å². The van der Waals surface area contributed by atoms with Gasteiger partial charge in [0.25, 0.3) is 0 Å². The van der Waals surface area contributed by atoms with Crippen LogP contribution in [0.3, 0.4) is 0 Å². The Labute approximate surface area is 49.9 Å². The summed E-state index contributed by atoms with van der Waals surface area (Å²) < 4.78 is 0. The van der Waals surface area contributed by atoms with E-state index >= 15 is 0 Å². The average molecular weight is 118 g/mol. The first-order valence-corrected chi connectivity index (χ1v) is 2.86. The van der Waals surface area contributed by atoms with E-state index in [4.69, 9.17) is 5.11 Å². The summed E-state index contributed by atoms with van der Waals surface area (Å²) >= 11 is 0. The standard InChI is InChI=1S/C4H9NO.CH5N/c6-4-1-2-5-3-4;1-2/h4-6H,1-3H2;2H2,1H3. The van der Waals surface area contributed by atoms with E-state index in [0.717, 1.165) is 19.5 Å². The summed E-state index contributed by atoms with van der Waals surface area (Å²) in [7, 11) is 1.50. The van der Waals surface area contributed by atoms with Gasteiger partial charge in [-0.1, -0.05) is 0 Å². The van der Waals surface area contributed by atoms with Gasteiger partial charge in [-0.25, -0.2) is 0 Å². The Morgan fingerprint density at radius 3 is 2.38 bits per heavy atom. The SMILES string of the molecule is CN.OC1CCNC1. The second-order valence-electron chi connectivity index (χ2n) is 1.65. The molecule has 1 heterocycles. The van der Waals surface area contributed by atoms with Crippen molar-refractivity contribution in [2.24, 2.45) is 5.73 Å². The molecule has 1 atom stereocenters. The molecule has 0 radical (unpaired) electrons. The van der Waals surface area contributed by atoms with Gasteiger partial charge in [0.2, 0.25) is 0 Å². The molecule has 1 rings (SSSR count). The average Bonchev–Trinajstić information content (AvgIpc) is 2.24. The zero-order chi connectivity index (χ0) is 6.41. The number of aliphatic hydroxyl groups is 1. The van der Waals surface area contributed by atoms with Gasteiger partial charge in [0.05, 0.1) is 6.10 Å². The minimum absolute atomic E-state index is 0.0648. The lowest BCUT2D eigenvalue weighted by Gasteiger charge is -1.90. The third-order valence-corrected chi connectivity index (χ3v) is 1.03. The molecule has 1 fully saturated rings. The minimum Gasteiger partial charge on any atom is -0.392 e. The quantitative estimate of drug-likeness (QED) is 0.379. The molecule has 1 unspecified atom stereocenters. The van der Waals surface area contributed by atoms with Crippen LogP contribution < -0.4 is 11.1 Å². The normalized spacial score (nSPS) is 26.6. The molecule has 0 bridgehead atoms. The minimum atomic E-state index is -0.0648. The maximum absolute atomic E-state index is 8.67. The van der Waals surface area contributed by atoms with E-state index in [1.165, 1.54) is 7.05 Å². The molecule has 8 heavy (non-hydrogen) atoms. The first-order valence-electron chi connectivity index (χ1n) is 2.86.